The highest BCUT2D eigenvalue weighted by Gasteiger charge is 2.30. The Bertz CT molecular complexity index is 285. The van der Waals surface area contributed by atoms with Crippen molar-refractivity contribution in [3.8, 4) is 0 Å². The number of nitrogens with two attached hydrogens (primary N) is 1. The monoisotopic (exact) mass is 287 g/mol. The molecule has 1 nitrogen and oxygen atoms in total. The lowest BCUT2D eigenvalue weighted by Crippen LogP contribution is -2.32. The first-order valence-corrected chi connectivity index (χ1v) is 5.83. The minimum absolute atomic E-state index is 0.0235. The molecule has 0 atom stereocenters. The fourth-order valence-corrected chi connectivity index (χ4v) is 2.44. The van der Waals surface area contributed by atoms with Crippen molar-refractivity contribution >= 4 is 22.6 Å². The summed E-state index contributed by atoms with van der Waals surface area (Å²) in [4.78, 5) is 0. The van der Waals surface area contributed by atoms with Crippen LogP contribution in [0.5, 0.6) is 0 Å². The second-order valence-corrected chi connectivity index (χ2v) is 5.12. The molecule has 13 heavy (non-hydrogen) atoms. The highest BCUT2D eigenvalue weighted by molar-refractivity contribution is 14.1. The lowest BCUT2D eigenvalue weighted by atomic mass is 9.90. The Hall–Kier alpha value is -0.0900. The highest BCUT2D eigenvalue weighted by Crippen LogP contribution is 2.36. The molecule has 0 amide bonds. The summed E-state index contributed by atoms with van der Waals surface area (Å²) in [5.74, 6) is 0. The van der Waals surface area contributed by atoms with Crippen molar-refractivity contribution in [2.75, 3.05) is 0 Å². The van der Waals surface area contributed by atoms with Crippen LogP contribution in [0.15, 0.2) is 24.3 Å². The first kappa shape index (κ1) is 9.46. The summed E-state index contributed by atoms with van der Waals surface area (Å²) < 4.78 is 1.28. The number of rotatable bonds is 1. The van der Waals surface area contributed by atoms with Gasteiger partial charge in [0, 0.05) is 9.11 Å². The summed E-state index contributed by atoms with van der Waals surface area (Å²) >= 11 is 2.32. The van der Waals surface area contributed by atoms with Gasteiger partial charge in [-0.2, -0.15) is 0 Å². The van der Waals surface area contributed by atoms with E-state index in [1.54, 1.807) is 0 Å². The fourth-order valence-electron chi connectivity index (χ4n) is 2.08. The molecule has 1 fully saturated rings. The van der Waals surface area contributed by atoms with Crippen LogP contribution in [0.1, 0.15) is 31.2 Å². The van der Waals surface area contributed by atoms with Gasteiger partial charge in [0.1, 0.15) is 0 Å². The third-order valence-electron chi connectivity index (χ3n) is 2.91. The topological polar surface area (TPSA) is 26.0 Å². The van der Waals surface area contributed by atoms with E-state index in [1.807, 2.05) is 0 Å². The smallest absolute Gasteiger partial charge is 0.0409 e. The standard InChI is InChI=1S/C11H14IN/c12-10-5-3-9(4-6-10)11(13)7-1-2-8-11/h3-6H,1-2,7-8,13H2. The zero-order chi connectivity index (χ0) is 9.31. The molecule has 1 aromatic rings. The summed E-state index contributed by atoms with van der Waals surface area (Å²) in [5, 5.41) is 0. The van der Waals surface area contributed by atoms with Gasteiger partial charge >= 0.3 is 0 Å². The molecule has 1 aromatic carbocycles. The van der Waals surface area contributed by atoms with Gasteiger partial charge in [0.15, 0.2) is 0 Å². The van der Waals surface area contributed by atoms with Crippen LogP contribution in [-0.2, 0) is 5.54 Å². The summed E-state index contributed by atoms with van der Waals surface area (Å²) in [5.41, 5.74) is 7.62. The second-order valence-electron chi connectivity index (χ2n) is 3.87. The van der Waals surface area contributed by atoms with Gasteiger partial charge in [0.25, 0.3) is 0 Å². The summed E-state index contributed by atoms with van der Waals surface area (Å²) in [6, 6.07) is 8.63. The molecule has 0 aliphatic heterocycles. The van der Waals surface area contributed by atoms with E-state index in [1.165, 1.54) is 22.0 Å². The van der Waals surface area contributed by atoms with Gasteiger partial charge in [-0.15, -0.1) is 0 Å². The van der Waals surface area contributed by atoms with Crippen molar-refractivity contribution < 1.29 is 0 Å². The molecular formula is C11H14IN. The highest BCUT2D eigenvalue weighted by atomic mass is 127. The van der Waals surface area contributed by atoms with E-state index in [2.05, 4.69) is 46.9 Å². The summed E-state index contributed by atoms with van der Waals surface area (Å²) in [6.45, 7) is 0. The number of hydrogen-bond donors (Lipinski definition) is 1. The largest absolute Gasteiger partial charge is 0.321 e. The summed E-state index contributed by atoms with van der Waals surface area (Å²) in [7, 11) is 0. The molecular weight excluding hydrogens is 273 g/mol. The molecule has 0 spiro atoms. The lowest BCUT2D eigenvalue weighted by Gasteiger charge is -2.24. The maximum Gasteiger partial charge on any atom is 0.0409 e. The molecule has 0 saturated heterocycles. The Morgan fingerprint density at radius 3 is 2.15 bits per heavy atom. The Kier molecular flexibility index (Phi) is 2.60. The van der Waals surface area contributed by atoms with Crippen molar-refractivity contribution in [1.29, 1.82) is 0 Å². The van der Waals surface area contributed by atoms with Crippen molar-refractivity contribution in [1.82, 2.24) is 0 Å². The Balaban J connectivity index is 2.29. The predicted octanol–water partition coefficient (Wildman–Crippen LogP) is 3.02. The Morgan fingerprint density at radius 1 is 1.08 bits per heavy atom. The molecule has 70 valence electrons. The maximum atomic E-state index is 6.33. The Morgan fingerprint density at radius 2 is 1.62 bits per heavy atom. The third kappa shape index (κ3) is 1.89. The van der Waals surface area contributed by atoms with Crippen molar-refractivity contribution in [2.45, 2.75) is 31.2 Å². The first-order chi connectivity index (χ1) is 6.21. The predicted molar refractivity (Wildman–Crippen MR) is 63.5 cm³/mol. The molecule has 1 aliphatic carbocycles. The SMILES string of the molecule is NC1(c2ccc(I)cc2)CCCC1. The van der Waals surface area contributed by atoms with Crippen LogP contribution in [-0.4, -0.2) is 0 Å². The van der Waals surface area contributed by atoms with E-state index < -0.39 is 0 Å². The quantitative estimate of drug-likeness (QED) is 0.789. The van der Waals surface area contributed by atoms with Gasteiger partial charge in [0.2, 0.25) is 0 Å². The van der Waals surface area contributed by atoms with Crippen LogP contribution in [0.25, 0.3) is 0 Å². The van der Waals surface area contributed by atoms with Gasteiger partial charge in [-0.1, -0.05) is 25.0 Å². The van der Waals surface area contributed by atoms with Gasteiger partial charge in [0.05, 0.1) is 0 Å². The van der Waals surface area contributed by atoms with Crippen LogP contribution in [0.2, 0.25) is 0 Å². The van der Waals surface area contributed by atoms with Gasteiger partial charge < -0.3 is 5.73 Å². The molecule has 0 aromatic heterocycles. The minimum Gasteiger partial charge on any atom is -0.321 e. The molecule has 0 bridgehead atoms. The van der Waals surface area contributed by atoms with Crippen LogP contribution >= 0.6 is 22.6 Å². The van der Waals surface area contributed by atoms with E-state index in [0.717, 1.165) is 12.8 Å². The number of benzene rings is 1. The zero-order valence-corrected chi connectivity index (χ0v) is 9.75. The van der Waals surface area contributed by atoms with Gasteiger partial charge in [-0.3, -0.25) is 0 Å². The van der Waals surface area contributed by atoms with E-state index >= 15 is 0 Å². The van der Waals surface area contributed by atoms with Crippen LogP contribution in [0, 0.1) is 3.57 Å². The minimum atomic E-state index is -0.0235. The number of hydrogen-bond acceptors (Lipinski definition) is 1. The van der Waals surface area contributed by atoms with Gasteiger partial charge in [-0.25, -0.2) is 0 Å². The lowest BCUT2D eigenvalue weighted by molar-refractivity contribution is 0.461. The van der Waals surface area contributed by atoms with Crippen LogP contribution in [0.4, 0.5) is 0 Å². The normalized spacial score (nSPS) is 20.5. The molecule has 0 heterocycles. The Labute approximate surface area is 92.9 Å². The van der Waals surface area contributed by atoms with Crippen LogP contribution in [0.3, 0.4) is 0 Å². The molecule has 0 radical (unpaired) electrons. The van der Waals surface area contributed by atoms with E-state index in [0.29, 0.717) is 0 Å². The third-order valence-corrected chi connectivity index (χ3v) is 3.63. The van der Waals surface area contributed by atoms with Crippen molar-refractivity contribution in [3.05, 3.63) is 33.4 Å². The molecule has 2 heteroatoms. The molecule has 2 N–H and O–H groups in total. The second kappa shape index (κ2) is 3.58. The van der Waals surface area contributed by atoms with Gasteiger partial charge in [-0.05, 0) is 53.1 Å². The van der Waals surface area contributed by atoms with E-state index in [9.17, 15) is 0 Å². The summed E-state index contributed by atoms with van der Waals surface area (Å²) in [6.07, 6.45) is 4.85. The fraction of sp³-hybridized carbons (Fsp3) is 0.455. The first-order valence-electron chi connectivity index (χ1n) is 4.76. The average Bonchev–Trinajstić information content (AvgIpc) is 2.54. The van der Waals surface area contributed by atoms with Crippen molar-refractivity contribution in [3.63, 3.8) is 0 Å². The molecule has 2 rings (SSSR count). The van der Waals surface area contributed by atoms with E-state index in [-0.39, 0.29) is 5.54 Å². The molecule has 0 unspecified atom stereocenters. The maximum absolute atomic E-state index is 6.33. The number of halogens is 1. The zero-order valence-electron chi connectivity index (χ0n) is 7.59. The molecule has 1 aliphatic rings. The molecule has 1 saturated carbocycles. The van der Waals surface area contributed by atoms with Crippen molar-refractivity contribution in [2.24, 2.45) is 5.73 Å². The van der Waals surface area contributed by atoms with E-state index in [4.69, 9.17) is 5.73 Å². The average molecular weight is 287 g/mol. The van der Waals surface area contributed by atoms with Crippen LogP contribution < -0.4 is 5.73 Å².